The van der Waals surface area contributed by atoms with Crippen molar-refractivity contribution >= 4 is 45.6 Å². The highest BCUT2D eigenvalue weighted by Gasteiger charge is 2.20. The van der Waals surface area contributed by atoms with Crippen LogP contribution < -0.4 is 4.90 Å². The zero-order valence-corrected chi connectivity index (χ0v) is 19.6. The van der Waals surface area contributed by atoms with E-state index in [0.717, 1.165) is 22.5 Å². The van der Waals surface area contributed by atoms with Gasteiger partial charge in [0.25, 0.3) is 0 Å². The number of rotatable bonds is 6. The van der Waals surface area contributed by atoms with Crippen LogP contribution in [0, 0.1) is 27.7 Å². The molecule has 0 radical (unpaired) electrons. The van der Waals surface area contributed by atoms with Crippen LogP contribution in [-0.2, 0) is 10.5 Å². The highest BCUT2D eigenvalue weighted by Crippen LogP contribution is 2.33. The average molecular weight is 441 g/mol. The predicted molar refractivity (Wildman–Crippen MR) is 122 cm³/mol. The fourth-order valence-corrected chi connectivity index (χ4v) is 5.31. The standard InChI is InChI=1S/C22H24N4O2S2/c1-12-7-8-19(13(2)9-12)26(17(6)28)22-25-18(11-30-22)10-29-21-20(15(4)27)14(3)23-16(5)24-21/h7-9,11H,10H2,1-6H3. The molecule has 0 fully saturated rings. The Balaban J connectivity index is 1.86. The van der Waals surface area contributed by atoms with E-state index in [1.165, 1.54) is 30.0 Å². The number of hydrogen-bond donors (Lipinski definition) is 0. The molecule has 0 unspecified atom stereocenters. The minimum absolute atomic E-state index is 0.0495. The zero-order valence-electron chi connectivity index (χ0n) is 17.9. The lowest BCUT2D eigenvalue weighted by molar-refractivity contribution is -0.115. The molecule has 30 heavy (non-hydrogen) atoms. The number of anilines is 2. The number of thioether (sulfide) groups is 1. The van der Waals surface area contributed by atoms with Gasteiger partial charge in [-0.2, -0.15) is 0 Å². The molecule has 2 aromatic heterocycles. The Labute approximate surface area is 184 Å². The van der Waals surface area contributed by atoms with E-state index >= 15 is 0 Å². The molecule has 8 heteroatoms. The fourth-order valence-electron chi connectivity index (χ4n) is 3.26. The molecule has 0 saturated heterocycles. The van der Waals surface area contributed by atoms with Gasteiger partial charge in [0.1, 0.15) is 10.9 Å². The molecule has 0 aliphatic rings. The maximum Gasteiger partial charge on any atom is 0.230 e. The number of thiazole rings is 1. The van der Waals surface area contributed by atoms with Crippen molar-refractivity contribution in [1.82, 2.24) is 15.0 Å². The quantitative estimate of drug-likeness (QED) is 0.292. The van der Waals surface area contributed by atoms with Crippen molar-refractivity contribution in [3.8, 4) is 0 Å². The van der Waals surface area contributed by atoms with Crippen LogP contribution in [0.3, 0.4) is 0 Å². The van der Waals surface area contributed by atoms with Crippen LogP contribution in [0.15, 0.2) is 28.6 Å². The molecule has 0 N–H and O–H groups in total. The number of carbonyl (C=O) groups is 2. The first-order valence-electron chi connectivity index (χ1n) is 9.48. The number of nitrogens with zero attached hydrogens (tertiary/aromatic N) is 4. The minimum Gasteiger partial charge on any atom is -0.294 e. The molecule has 0 aliphatic heterocycles. The Bertz CT molecular complexity index is 1120. The lowest BCUT2D eigenvalue weighted by Crippen LogP contribution is -2.23. The van der Waals surface area contributed by atoms with Crippen LogP contribution in [0.1, 0.15) is 52.5 Å². The van der Waals surface area contributed by atoms with E-state index in [2.05, 4.69) is 21.0 Å². The molecule has 3 aromatic rings. The molecule has 156 valence electrons. The highest BCUT2D eigenvalue weighted by atomic mass is 32.2. The summed E-state index contributed by atoms with van der Waals surface area (Å²) in [5.41, 5.74) is 5.08. The first-order valence-corrected chi connectivity index (χ1v) is 11.3. The fraction of sp³-hybridized carbons (Fsp3) is 0.318. The molecule has 0 atom stereocenters. The van der Waals surface area contributed by atoms with Gasteiger partial charge in [-0.05, 0) is 46.2 Å². The summed E-state index contributed by atoms with van der Waals surface area (Å²) in [6.07, 6.45) is 0. The summed E-state index contributed by atoms with van der Waals surface area (Å²) >= 11 is 2.89. The van der Waals surface area contributed by atoms with Gasteiger partial charge in [0.05, 0.1) is 22.6 Å². The molecular formula is C22H24N4O2S2. The molecule has 1 amide bonds. The summed E-state index contributed by atoms with van der Waals surface area (Å²) in [5, 5.41) is 3.24. The summed E-state index contributed by atoms with van der Waals surface area (Å²) in [7, 11) is 0. The maximum atomic E-state index is 12.4. The first-order chi connectivity index (χ1) is 14.2. The van der Waals surface area contributed by atoms with Gasteiger partial charge >= 0.3 is 0 Å². The van der Waals surface area contributed by atoms with E-state index < -0.39 is 0 Å². The minimum atomic E-state index is -0.0866. The third-order valence-electron chi connectivity index (χ3n) is 4.52. The van der Waals surface area contributed by atoms with E-state index in [-0.39, 0.29) is 11.7 Å². The molecule has 6 nitrogen and oxygen atoms in total. The molecular weight excluding hydrogens is 416 g/mol. The summed E-state index contributed by atoms with van der Waals surface area (Å²) < 4.78 is 0. The van der Waals surface area contributed by atoms with Crippen LogP contribution >= 0.6 is 23.1 Å². The summed E-state index contributed by atoms with van der Waals surface area (Å²) in [4.78, 5) is 39.5. The predicted octanol–water partition coefficient (Wildman–Crippen LogP) is 5.35. The van der Waals surface area contributed by atoms with Gasteiger partial charge in [0.15, 0.2) is 10.9 Å². The molecule has 0 bridgehead atoms. The Morgan fingerprint density at radius 3 is 2.43 bits per heavy atom. The number of hydrogen-bond acceptors (Lipinski definition) is 7. The average Bonchev–Trinajstić information content (AvgIpc) is 3.09. The topological polar surface area (TPSA) is 76.1 Å². The smallest absolute Gasteiger partial charge is 0.230 e. The number of aryl methyl sites for hydroxylation is 4. The van der Waals surface area contributed by atoms with Crippen molar-refractivity contribution in [3.05, 3.63) is 57.5 Å². The van der Waals surface area contributed by atoms with E-state index in [0.29, 0.717) is 33.0 Å². The number of ketones is 1. The summed E-state index contributed by atoms with van der Waals surface area (Å²) in [6.45, 7) is 10.7. The Morgan fingerprint density at radius 1 is 1.07 bits per heavy atom. The molecule has 0 spiro atoms. The van der Waals surface area contributed by atoms with Gasteiger partial charge in [-0.3, -0.25) is 14.5 Å². The van der Waals surface area contributed by atoms with Gasteiger partial charge in [-0.1, -0.05) is 29.5 Å². The van der Waals surface area contributed by atoms with Gasteiger partial charge in [-0.15, -0.1) is 11.3 Å². The molecule has 2 heterocycles. The van der Waals surface area contributed by atoms with Crippen molar-refractivity contribution < 1.29 is 9.59 Å². The third kappa shape index (κ3) is 4.76. The molecule has 3 rings (SSSR count). The van der Waals surface area contributed by atoms with Crippen LogP contribution in [-0.4, -0.2) is 26.6 Å². The van der Waals surface area contributed by atoms with Crippen molar-refractivity contribution in [2.75, 3.05) is 4.90 Å². The normalized spacial score (nSPS) is 10.9. The second-order valence-electron chi connectivity index (χ2n) is 7.15. The number of amides is 1. The maximum absolute atomic E-state index is 12.4. The van der Waals surface area contributed by atoms with E-state index in [1.54, 1.807) is 11.8 Å². The van der Waals surface area contributed by atoms with Crippen molar-refractivity contribution in [1.29, 1.82) is 0 Å². The molecule has 1 aromatic carbocycles. The number of carbonyl (C=O) groups excluding carboxylic acids is 2. The van der Waals surface area contributed by atoms with Crippen LogP contribution in [0.5, 0.6) is 0 Å². The Morgan fingerprint density at radius 2 is 1.80 bits per heavy atom. The van der Waals surface area contributed by atoms with Gasteiger partial charge < -0.3 is 0 Å². The number of benzene rings is 1. The van der Waals surface area contributed by atoms with Crippen molar-refractivity contribution in [3.63, 3.8) is 0 Å². The van der Waals surface area contributed by atoms with E-state index in [4.69, 9.17) is 0 Å². The van der Waals surface area contributed by atoms with Gasteiger partial charge in [0, 0.05) is 18.1 Å². The largest absolute Gasteiger partial charge is 0.294 e. The third-order valence-corrected chi connectivity index (χ3v) is 6.40. The van der Waals surface area contributed by atoms with Gasteiger partial charge in [-0.25, -0.2) is 15.0 Å². The first kappa shape index (κ1) is 22.1. The van der Waals surface area contributed by atoms with Crippen molar-refractivity contribution in [2.45, 2.75) is 52.3 Å². The molecule has 0 saturated carbocycles. The second kappa shape index (κ2) is 9.06. The Hall–Kier alpha value is -2.58. The number of aromatic nitrogens is 3. The van der Waals surface area contributed by atoms with E-state index in [1.807, 2.05) is 45.2 Å². The van der Waals surface area contributed by atoms with Crippen molar-refractivity contribution in [2.24, 2.45) is 0 Å². The monoisotopic (exact) mass is 440 g/mol. The summed E-state index contributed by atoms with van der Waals surface area (Å²) in [6, 6.07) is 6.00. The van der Waals surface area contributed by atoms with Crippen LogP contribution in [0.2, 0.25) is 0 Å². The highest BCUT2D eigenvalue weighted by molar-refractivity contribution is 7.98. The number of Topliss-reactive ketones (excluding diaryl/α,β-unsaturated/α-hetero) is 1. The second-order valence-corrected chi connectivity index (χ2v) is 8.95. The zero-order chi connectivity index (χ0) is 22.0. The SMILES string of the molecule is CC(=O)c1c(C)nc(C)nc1SCc1csc(N(C(C)=O)c2ccc(C)cc2C)n1. The Kier molecular flexibility index (Phi) is 6.67. The van der Waals surface area contributed by atoms with Gasteiger partial charge in [0.2, 0.25) is 5.91 Å². The lowest BCUT2D eigenvalue weighted by atomic mass is 10.1. The van der Waals surface area contributed by atoms with Crippen LogP contribution in [0.25, 0.3) is 0 Å². The lowest BCUT2D eigenvalue weighted by Gasteiger charge is -2.20. The van der Waals surface area contributed by atoms with E-state index in [9.17, 15) is 9.59 Å². The summed E-state index contributed by atoms with van der Waals surface area (Å²) in [5.74, 6) is 1.05. The van der Waals surface area contributed by atoms with Crippen LogP contribution in [0.4, 0.5) is 10.8 Å². The molecule has 0 aliphatic carbocycles.